The first-order valence-electron chi connectivity index (χ1n) is 8.48. The summed E-state index contributed by atoms with van der Waals surface area (Å²) >= 11 is 0. The molecular formula is C19H24N4O. The molecule has 2 amide bonds. The number of nitrogens with zero attached hydrogens (tertiary/aromatic N) is 3. The average molecular weight is 324 g/mol. The van der Waals surface area contributed by atoms with Gasteiger partial charge in [-0.2, -0.15) is 0 Å². The molecule has 1 fully saturated rings. The smallest absolute Gasteiger partial charge is 0.321 e. The summed E-state index contributed by atoms with van der Waals surface area (Å²) in [5.41, 5.74) is 3.28. The van der Waals surface area contributed by atoms with Crippen LogP contribution in [-0.2, 0) is 6.42 Å². The first kappa shape index (κ1) is 16.3. The summed E-state index contributed by atoms with van der Waals surface area (Å²) in [6, 6.07) is 12.1. The lowest BCUT2D eigenvalue weighted by Gasteiger charge is -2.35. The quantitative estimate of drug-likeness (QED) is 0.942. The zero-order valence-corrected chi connectivity index (χ0v) is 14.3. The van der Waals surface area contributed by atoms with E-state index in [2.05, 4.69) is 40.3 Å². The van der Waals surface area contributed by atoms with Gasteiger partial charge in [-0.1, -0.05) is 25.1 Å². The van der Waals surface area contributed by atoms with Crippen LogP contribution in [0.1, 0.15) is 18.1 Å². The molecule has 2 aromatic rings. The average Bonchev–Trinajstić information content (AvgIpc) is 2.63. The van der Waals surface area contributed by atoms with Crippen LogP contribution < -0.4 is 10.2 Å². The fraction of sp³-hybridized carbons (Fsp3) is 0.368. The Kier molecular flexibility index (Phi) is 4.99. The maximum atomic E-state index is 12.4. The summed E-state index contributed by atoms with van der Waals surface area (Å²) in [5, 5.41) is 2.98. The van der Waals surface area contributed by atoms with Crippen molar-refractivity contribution in [2.45, 2.75) is 20.3 Å². The Morgan fingerprint density at radius 2 is 1.79 bits per heavy atom. The van der Waals surface area contributed by atoms with Gasteiger partial charge in [0.15, 0.2) is 0 Å². The van der Waals surface area contributed by atoms with Gasteiger partial charge in [-0.05, 0) is 42.7 Å². The van der Waals surface area contributed by atoms with Gasteiger partial charge in [0.1, 0.15) is 5.82 Å². The van der Waals surface area contributed by atoms with E-state index in [0.29, 0.717) is 13.1 Å². The number of carbonyl (C=O) groups is 1. The van der Waals surface area contributed by atoms with Crippen LogP contribution in [0.5, 0.6) is 0 Å². The molecule has 0 unspecified atom stereocenters. The fourth-order valence-corrected chi connectivity index (χ4v) is 2.81. The normalized spacial score (nSPS) is 14.6. The predicted octanol–water partition coefficient (Wildman–Crippen LogP) is 3.31. The zero-order chi connectivity index (χ0) is 16.9. The number of nitrogens with one attached hydrogen (secondary N) is 1. The molecule has 0 aliphatic carbocycles. The number of piperazine rings is 1. The Morgan fingerprint density at radius 1 is 1.08 bits per heavy atom. The molecular weight excluding hydrogens is 300 g/mol. The molecule has 0 spiro atoms. The molecule has 1 aliphatic rings. The van der Waals surface area contributed by atoms with Crippen molar-refractivity contribution >= 4 is 17.5 Å². The number of rotatable bonds is 3. The summed E-state index contributed by atoms with van der Waals surface area (Å²) in [4.78, 5) is 20.9. The first-order valence-corrected chi connectivity index (χ1v) is 8.48. The van der Waals surface area contributed by atoms with E-state index >= 15 is 0 Å². The maximum Gasteiger partial charge on any atom is 0.321 e. The molecule has 2 heterocycles. The second-order valence-corrected chi connectivity index (χ2v) is 6.15. The molecule has 126 valence electrons. The van der Waals surface area contributed by atoms with Crippen LogP contribution in [0.25, 0.3) is 0 Å². The van der Waals surface area contributed by atoms with Crippen molar-refractivity contribution in [1.29, 1.82) is 0 Å². The van der Waals surface area contributed by atoms with Crippen LogP contribution in [0.3, 0.4) is 0 Å². The molecule has 1 N–H and O–H groups in total. The van der Waals surface area contributed by atoms with E-state index in [1.54, 1.807) is 0 Å². The Labute approximate surface area is 143 Å². The number of hydrogen-bond donors (Lipinski definition) is 1. The molecule has 0 bridgehead atoms. The zero-order valence-electron chi connectivity index (χ0n) is 14.3. The van der Waals surface area contributed by atoms with Crippen molar-refractivity contribution in [3.05, 3.63) is 53.7 Å². The Bertz CT molecular complexity index is 674. The number of urea groups is 1. The van der Waals surface area contributed by atoms with E-state index in [-0.39, 0.29) is 6.03 Å². The molecule has 1 aliphatic heterocycles. The van der Waals surface area contributed by atoms with Gasteiger partial charge in [-0.3, -0.25) is 0 Å². The third kappa shape index (κ3) is 3.85. The molecule has 5 nitrogen and oxygen atoms in total. The van der Waals surface area contributed by atoms with Crippen molar-refractivity contribution < 1.29 is 4.79 Å². The number of carbonyl (C=O) groups excluding carboxylic acids is 1. The molecule has 24 heavy (non-hydrogen) atoms. The fourth-order valence-electron chi connectivity index (χ4n) is 2.81. The highest BCUT2D eigenvalue weighted by molar-refractivity contribution is 5.89. The third-order valence-electron chi connectivity index (χ3n) is 4.40. The monoisotopic (exact) mass is 324 g/mol. The van der Waals surface area contributed by atoms with Crippen LogP contribution in [0, 0.1) is 6.92 Å². The highest BCUT2D eigenvalue weighted by atomic mass is 16.2. The Hall–Kier alpha value is -2.56. The van der Waals surface area contributed by atoms with Crippen LogP contribution in [0.15, 0.2) is 42.6 Å². The number of hydrogen-bond acceptors (Lipinski definition) is 3. The highest BCUT2D eigenvalue weighted by Crippen LogP contribution is 2.15. The number of aryl methyl sites for hydroxylation is 2. The molecule has 0 radical (unpaired) electrons. The van der Waals surface area contributed by atoms with Crippen molar-refractivity contribution in [3.63, 3.8) is 0 Å². The van der Waals surface area contributed by atoms with Crippen LogP contribution >= 0.6 is 0 Å². The highest BCUT2D eigenvalue weighted by Gasteiger charge is 2.21. The van der Waals surface area contributed by atoms with Gasteiger partial charge in [-0.25, -0.2) is 9.78 Å². The van der Waals surface area contributed by atoms with Crippen LogP contribution in [0.4, 0.5) is 16.3 Å². The second kappa shape index (κ2) is 7.34. The summed E-state index contributed by atoms with van der Waals surface area (Å²) in [7, 11) is 0. The van der Waals surface area contributed by atoms with Crippen molar-refractivity contribution in [3.8, 4) is 0 Å². The number of benzene rings is 1. The maximum absolute atomic E-state index is 12.4. The van der Waals surface area contributed by atoms with Crippen LogP contribution in [-0.4, -0.2) is 42.1 Å². The first-order chi connectivity index (χ1) is 11.7. The minimum absolute atomic E-state index is 0.0317. The minimum atomic E-state index is -0.0317. The van der Waals surface area contributed by atoms with E-state index in [1.165, 1.54) is 5.56 Å². The Balaban J connectivity index is 1.53. The molecule has 1 aromatic heterocycles. The molecule has 1 aromatic carbocycles. The lowest BCUT2D eigenvalue weighted by atomic mass is 10.1. The van der Waals surface area contributed by atoms with Crippen molar-refractivity contribution in [2.75, 3.05) is 36.4 Å². The molecule has 5 heteroatoms. The third-order valence-corrected chi connectivity index (χ3v) is 4.40. The number of amides is 2. The summed E-state index contributed by atoms with van der Waals surface area (Å²) in [5.74, 6) is 0.982. The van der Waals surface area contributed by atoms with E-state index in [1.807, 2.05) is 36.2 Å². The minimum Gasteiger partial charge on any atom is -0.353 e. The van der Waals surface area contributed by atoms with Gasteiger partial charge >= 0.3 is 6.03 Å². The molecule has 0 saturated carbocycles. The van der Waals surface area contributed by atoms with Gasteiger partial charge in [0.25, 0.3) is 0 Å². The van der Waals surface area contributed by atoms with Crippen molar-refractivity contribution in [1.82, 2.24) is 9.88 Å². The lowest BCUT2D eigenvalue weighted by Crippen LogP contribution is -2.50. The lowest BCUT2D eigenvalue weighted by molar-refractivity contribution is 0.208. The molecule has 1 saturated heterocycles. The number of aromatic nitrogens is 1. The summed E-state index contributed by atoms with van der Waals surface area (Å²) < 4.78 is 0. The largest absolute Gasteiger partial charge is 0.353 e. The van der Waals surface area contributed by atoms with Gasteiger partial charge in [-0.15, -0.1) is 0 Å². The second-order valence-electron chi connectivity index (χ2n) is 6.15. The van der Waals surface area contributed by atoms with Crippen LogP contribution in [0.2, 0.25) is 0 Å². The van der Waals surface area contributed by atoms with E-state index in [0.717, 1.165) is 36.6 Å². The van der Waals surface area contributed by atoms with Crippen molar-refractivity contribution in [2.24, 2.45) is 0 Å². The topological polar surface area (TPSA) is 48.5 Å². The SMILES string of the molecule is CCc1ccc(NC(=O)N2CCN(c3ccc(C)cn3)CC2)cc1. The van der Waals surface area contributed by atoms with Gasteiger partial charge < -0.3 is 15.1 Å². The van der Waals surface area contributed by atoms with E-state index in [4.69, 9.17) is 0 Å². The summed E-state index contributed by atoms with van der Waals surface area (Å²) in [6.07, 6.45) is 2.89. The van der Waals surface area contributed by atoms with E-state index < -0.39 is 0 Å². The standard InChI is InChI=1S/C19H24N4O/c1-3-16-5-7-17(8-6-16)21-19(24)23-12-10-22(11-13-23)18-9-4-15(2)14-20-18/h4-9,14H,3,10-13H2,1-2H3,(H,21,24). The van der Waals surface area contributed by atoms with Gasteiger partial charge in [0, 0.05) is 38.1 Å². The molecule has 0 atom stereocenters. The molecule has 3 rings (SSSR count). The van der Waals surface area contributed by atoms with Gasteiger partial charge in [0.2, 0.25) is 0 Å². The van der Waals surface area contributed by atoms with Gasteiger partial charge in [0.05, 0.1) is 0 Å². The predicted molar refractivity (Wildman–Crippen MR) is 97.6 cm³/mol. The van der Waals surface area contributed by atoms with E-state index in [9.17, 15) is 4.79 Å². The number of pyridine rings is 1. The summed E-state index contributed by atoms with van der Waals surface area (Å²) in [6.45, 7) is 7.17. The number of anilines is 2. The Morgan fingerprint density at radius 3 is 2.38 bits per heavy atom.